The topological polar surface area (TPSA) is 89.3 Å². The average Bonchev–Trinajstić information content (AvgIpc) is 2.84. The normalized spacial score (nSPS) is 12.9. The summed E-state index contributed by atoms with van der Waals surface area (Å²) in [4.78, 5) is 12.5. The number of hydrogen-bond acceptors (Lipinski definition) is 4. The van der Waals surface area contributed by atoms with Gasteiger partial charge in [0.25, 0.3) is 5.91 Å². The van der Waals surface area contributed by atoms with E-state index in [1.54, 1.807) is 31.2 Å². The smallest absolute Gasteiger partial charge is 0.261 e. The molecule has 0 aliphatic carbocycles. The fourth-order valence-electron chi connectivity index (χ4n) is 1.75. The van der Waals surface area contributed by atoms with Crippen molar-refractivity contribution in [2.75, 3.05) is 0 Å². The quantitative estimate of drug-likeness (QED) is 0.893. The molecule has 0 saturated carbocycles. The largest absolute Gasteiger partial charge is 0.345 e. The van der Waals surface area contributed by atoms with Gasteiger partial charge in [0.05, 0.1) is 20.2 Å². The summed E-state index contributed by atoms with van der Waals surface area (Å²) in [6, 6.07) is 9.08. The molecule has 1 aromatic carbocycles. The number of carbonyl (C=O) groups is 1. The van der Waals surface area contributed by atoms with E-state index in [9.17, 15) is 13.2 Å². The Labute approximate surface area is 131 Å². The highest BCUT2D eigenvalue weighted by molar-refractivity contribution is 7.89. The zero-order valence-electron chi connectivity index (χ0n) is 11.0. The molecule has 2 rings (SSSR count). The van der Waals surface area contributed by atoms with Crippen LogP contribution in [0.15, 0.2) is 41.3 Å². The molecular weight excluding hydrogens is 332 g/mol. The second-order valence-electron chi connectivity index (χ2n) is 4.42. The molecule has 0 spiro atoms. The van der Waals surface area contributed by atoms with E-state index >= 15 is 0 Å². The Morgan fingerprint density at radius 2 is 2.05 bits per heavy atom. The monoisotopic (exact) mass is 344 g/mol. The van der Waals surface area contributed by atoms with Crippen LogP contribution in [-0.4, -0.2) is 14.3 Å². The maximum absolute atomic E-state index is 12.0. The first kappa shape index (κ1) is 16.0. The van der Waals surface area contributed by atoms with E-state index in [2.05, 4.69) is 5.32 Å². The van der Waals surface area contributed by atoms with Crippen LogP contribution in [0, 0.1) is 0 Å². The van der Waals surface area contributed by atoms with E-state index in [-0.39, 0.29) is 16.8 Å². The van der Waals surface area contributed by atoms with Gasteiger partial charge in [-0.25, -0.2) is 13.6 Å². The van der Waals surface area contributed by atoms with Crippen molar-refractivity contribution in [1.82, 2.24) is 5.32 Å². The van der Waals surface area contributed by atoms with Crippen LogP contribution in [-0.2, 0) is 10.0 Å². The lowest BCUT2D eigenvalue weighted by molar-refractivity contribution is 0.0944. The van der Waals surface area contributed by atoms with Crippen molar-refractivity contribution in [3.8, 4) is 0 Å². The second-order valence-corrected chi connectivity index (χ2v) is 7.69. The first-order valence-corrected chi connectivity index (χ1v) is 8.70. The molecule has 0 aliphatic rings. The number of amides is 1. The molecular formula is C13H13ClN2O3S2. The SMILES string of the molecule is CC(NC(=O)c1ccc(Cl)s1)c1cccc(S(N)(=O)=O)c1. The van der Waals surface area contributed by atoms with E-state index in [0.29, 0.717) is 14.8 Å². The Balaban J connectivity index is 2.17. The summed E-state index contributed by atoms with van der Waals surface area (Å²) in [5, 5.41) is 7.87. The van der Waals surface area contributed by atoms with Gasteiger partial charge in [-0.15, -0.1) is 11.3 Å². The lowest BCUT2D eigenvalue weighted by Gasteiger charge is -2.14. The fraction of sp³-hybridized carbons (Fsp3) is 0.154. The molecule has 0 bridgehead atoms. The van der Waals surface area contributed by atoms with Gasteiger partial charge in [-0.1, -0.05) is 23.7 Å². The number of primary sulfonamides is 1. The summed E-state index contributed by atoms with van der Waals surface area (Å²) in [5.41, 5.74) is 0.650. The van der Waals surface area contributed by atoms with Crippen LogP contribution in [0.2, 0.25) is 4.34 Å². The Hall–Kier alpha value is -1.41. The molecule has 8 heteroatoms. The minimum absolute atomic E-state index is 0.0141. The zero-order valence-corrected chi connectivity index (χ0v) is 13.4. The minimum Gasteiger partial charge on any atom is -0.345 e. The van der Waals surface area contributed by atoms with E-state index in [1.807, 2.05) is 0 Å². The third-order valence-corrected chi connectivity index (χ3v) is 4.97. The van der Waals surface area contributed by atoms with Crippen molar-refractivity contribution in [2.45, 2.75) is 17.9 Å². The van der Waals surface area contributed by atoms with E-state index < -0.39 is 10.0 Å². The lowest BCUT2D eigenvalue weighted by atomic mass is 10.1. The zero-order chi connectivity index (χ0) is 15.6. The highest BCUT2D eigenvalue weighted by atomic mass is 35.5. The number of hydrogen-bond donors (Lipinski definition) is 2. The predicted octanol–water partition coefficient (Wildman–Crippen LogP) is 2.54. The maximum atomic E-state index is 12.0. The van der Waals surface area contributed by atoms with E-state index in [1.165, 1.54) is 23.5 Å². The third kappa shape index (κ3) is 4.04. The summed E-state index contributed by atoms with van der Waals surface area (Å²) < 4.78 is 23.2. The van der Waals surface area contributed by atoms with Crippen molar-refractivity contribution < 1.29 is 13.2 Å². The molecule has 1 amide bonds. The van der Waals surface area contributed by atoms with Crippen molar-refractivity contribution in [3.05, 3.63) is 51.2 Å². The van der Waals surface area contributed by atoms with Crippen LogP contribution in [0.4, 0.5) is 0 Å². The Kier molecular flexibility index (Phi) is 4.67. The van der Waals surface area contributed by atoms with Crippen molar-refractivity contribution in [1.29, 1.82) is 0 Å². The van der Waals surface area contributed by atoms with Crippen molar-refractivity contribution in [2.24, 2.45) is 5.14 Å². The number of nitrogens with one attached hydrogen (secondary N) is 1. The van der Waals surface area contributed by atoms with Gasteiger partial charge < -0.3 is 5.32 Å². The molecule has 5 nitrogen and oxygen atoms in total. The van der Waals surface area contributed by atoms with Crippen LogP contribution < -0.4 is 10.5 Å². The number of sulfonamides is 1. The van der Waals surface area contributed by atoms with Crippen molar-refractivity contribution >= 4 is 38.9 Å². The molecule has 112 valence electrons. The highest BCUT2D eigenvalue weighted by Crippen LogP contribution is 2.23. The van der Waals surface area contributed by atoms with Gasteiger partial charge >= 0.3 is 0 Å². The molecule has 1 aromatic heterocycles. The van der Waals surface area contributed by atoms with Crippen LogP contribution in [0.3, 0.4) is 0 Å². The number of rotatable bonds is 4. The molecule has 0 fully saturated rings. The van der Waals surface area contributed by atoms with Gasteiger partial charge in [-0.05, 0) is 36.8 Å². The van der Waals surface area contributed by atoms with Gasteiger partial charge in [0.15, 0.2) is 0 Å². The molecule has 0 aliphatic heterocycles. The number of carbonyl (C=O) groups excluding carboxylic acids is 1. The first-order chi connectivity index (χ1) is 9.77. The van der Waals surface area contributed by atoms with Crippen LogP contribution in [0.1, 0.15) is 28.2 Å². The molecule has 0 saturated heterocycles. The van der Waals surface area contributed by atoms with Gasteiger partial charge in [0.1, 0.15) is 0 Å². The molecule has 1 unspecified atom stereocenters. The highest BCUT2D eigenvalue weighted by Gasteiger charge is 2.15. The Morgan fingerprint density at radius 1 is 1.33 bits per heavy atom. The molecule has 1 heterocycles. The van der Waals surface area contributed by atoms with Gasteiger partial charge in [-0.2, -0.15) is 0 Å². The summed E-state index contributed by atoms with van der Waals surface area (Å²) in [6.07, 6.45) is 0. The lowest BCUT2D eigenvalue weighted by Crippen LogP contribution is -2.26. The molecule has 1 atom stereocenters. The number of halogens is 1. The predicted molar refractivity (Wildman–Crippen MR) is 83.0 cm³/mol. The fourth-order valence-corrected chi connectivity index (χ4v) is 3.26. The maximum Gasteiger partial charge on any atom is 0.261 e. The van der Waals surface area contributed by atoms with Crippen LogP contribution in [0.5, 0.6) is 0 Å². The van der Waals surface area contributed by atoms with Gasteiger partial charge in [0.2, 0.25) is 10.0 Å². The summed E-state index contributed by atoms with van der Waals surface area (Å²) >= 11 is 6.96. The summed E-state index contributed by atoms with van der Waals surface area (Å²) in [7, 11) is -3.76. The number of thiophene rings is 1. The third-order valence-electron chi connectivity index (χ3n) is 2.83. The first-order valence-electron chi connectivity index (χ1n) is 5.96. The molecule has 0 radical (unpaired) electrons. The number of nitrogens with two attached hydrogens (primary N) is 1. The van der Waals surface area contributed by atoms with Gasteiger partial charge in [0, 0.05) is 0 Å². The average molecular weight is 345 g/mol. The van der Waals surface area contributed by atoms with E-state index in [0.717, 1.165) is 0 Å². The standard InChI is InChI=1S/C13H13ClN2O3S2/c1-8(16-13(17)11-5-6-12(14)20-11)9-3-2-4-10(7-9)21(15,18)19/h2-8H,1H3,(H,16,17)(H2,15,18,19). The molecule has 21 heavy (non-hydrogen) atoms. The minimum atomic E-state index is -3.76. The van der Waals surface area contributed by atoms with Crippen LogP contribution in [0.25, 0.3) is 0 Å². The summed E-state index contributed by atoms with van der Waals surface area (Å²) in [6.45, 7) is 1.76. The Bertz CT molecular complexity index is 771. The van der Waals surface area contributed by atoms with Gasteiger partial charge in [-0.3, -0.25) is 4.79 Å². The molecule has 3 N–H and O–H groups in total. The second kappa shape index (κ2) is 6.15. The van der Waals surface area contributed by atoms with Crippen molar-refractivity contribution in [3.63, 3.8) is 0 Å². The number of benzene rings is 1. The summed E-state index contributed by atoms with van der Waals surface area (Å²) in [5.74, 6) is -0.264. The van der Waals surface area contributed by atoms with E-state index in [4.69, 9.17) is 16.7 Å². The van der Waals surface area contributed by atoms with Crippen LogP contribution >= 0.6 is 22.9 Å². The molecule has 2 aromatic rings. The Morgan fingerprint density at radius 3 is 2.62 bits per heavy atom.